The lowest BCUT2D eigenvalue weighted by Crippen LogP contribution is -2.45. The fourth-order valence-electron chi connectivity index (χ4n) is 2.70. The number of rotatable bonds is 2. The summed E-state index contributed by atoms with van der Waals surface area (Å²) in [7, 11) is 0.905. The number of aryl methyl sites for hydroxylation is 2. The molecule has 1 aromatic carbocycles. The zero-order valence-electron chi connectivity index (χ0n) is 15.4. The summed E-state index contributed by atoms with van der Waals surface area (Å²) in [5.41, 5.74) is 5.55. The number of aromatic nitrogens is 1. The van der Waals surface area contributed by atoms with Gasteiger partial charge in [0.2, 0.25) is 5.69 Å². The largest absolute Gasteiger partial charge is 0.212 e. The molecule has 0 spiro atoms. The molecular weight excluding hydrogens is 282 g/mol. The summed E-state index contributed by atoms with van der Waals surface area (Å²) in [4.78, 5) is 0. The van der Waals surface area contributed by atoms with E-state index < -0.39 is 8.07 Å². The quantitative estimate of drug-likeness (QED) is 0.574. The van der Waals surface area contributed by atoms with E-state index in [9.17, 15) is 0 Å². The summed E-state index contributed by atoms with van der Waals surface area (Å²) in [6.45, 7) is 16.2. The zero-order valence-corrected chi connectivity index (χ0v) is 16.4. The lowest BCUT2D eigenvalue weighted by Gasteiger charge is -2.20. The molecule has 1 nitrogen and oxygen atoms in total. The van der Waals surface area contributed by atoms with Crippen LogP contribution in [0.15, 0.2) is 36.5 Å². The highest BCUT2D eigenvalue weighted by molar-refractivity contribution is 6.88. The molecule has 1 aromatic heterocycles. The fraction of sp³-hybridized carbons (Fsp3) is 0.450. The summed E-state index contributed by atoms with van der Waals surface area (Å²) < 4.78 is 2.29. The third-order valence-electron chi connectivity index (χ3n) is 4.38. The normalized spacial score (nSPS) is 12.5. The first-order chi connectivity index (χ1) is 10.00. The van der Waals surface area contributed by atoms with Gasteiger partial charge in [-0.1, -0.05) is 58.6 Å². The molecule has 2 heteroatoms. The Labute approximate surface area is 137 Å². The topological polar surface area (TPSA) is 3.88 Å². The highest BCUT2D eigenvalue weighted by Crippen LogP contribution is 2.28. The fourth-order valence-corrected chi connectivity index (χ4v) is 3.86. The number of pyridine rings is 1. The van der Waals surface area contributed by atoms with E-state index in [1.165, 1.54) is 27.6 Å². The van der Waals surface area contributed by atoms with Crippen LogP contribution < -0.4 is 9.75 Å². The van der Waals surface area contributed by atoms with E-state index in [1.807, 2.05) is 0 Å². The number of benzene rings is 1. The van der Waals surface area contributed by atoms with Crippen molar-refractivity contribution in [3.8, 4) is 11.3 Å². The van der Waals surface area contributed by atoms with Gasteiger partial charge in [0.25, 0.3) is 0 Å². The first kappa shape index (κ1) is 16.9. The van der Waals surface area contributed by atoms with Gasteiger partial charge in [0.1, 0.15) is 7.05 Å². The monoisotopic (exact) mass is 312 g/mol. The van der Waals surface area contributed by atoms with Crippen molar-refractivity contribution in [1.29, 1.82) is 0 Å². The van der Waals surface area contributed by atoms with E-state index in [2.05, 4.69) is 95.5 Å². The van der Waals surface area contributed by atoms with Gasteiger partial charge >= 0.3 is 0 Å². The minimum absolute atomic E-state index is 0.180. The second-order valence-corrected chi connectivity index (χ2v) is 13.5. The Morgan fingerprint density at radius 2 is 1.59 bits per heavy atom. The van der Waals surface area contributed by atoms with Crippen molar-refractivity contribution in [3.05, 3.63) is 47.7 Å². The molecule has 118 valence electrons. The van der Waals surface area contributed by atoms with E-state index in [4.69, 9.17) is 0 Å². The third-order valence-corrected chi connectivity index (χ3v) is 6.41. The van der Waals surface area contributed by atoms with Gasteiger partial charge in [0.15, 0.2) is 6.20 Å². The molecule has 2 rings (SSSR count). The predicted molar refractivity (Wildman–Crippen MR) is 99.5 cm³/mol. The van der Waals surface area contributed by atoms with Crippen LogP contribution in [-0.2, 0) is 12.5 Å². The summed E-state index contributed by atoms with van der Waals surface area (Å²) in [6, 6.07) is 11.5. The lowest BCUT2D eigenvalue weighted by atomic mass is 9.85. The number of nitrogens with zero attached hydrogens (tertiary/aromatic N) is 1. The second-order valence-electron chi connectivity index (χ2n) is 8.44. The smallest absolute Gasteiger partial charge is 0.201 e. The summed E-state index contributed by atoms with van der Waals surface area (Å²) >= 11 is 0. The van der Waals surface area contributed by atoms with Crippen LogP contribution in [0.4, 0.5) is 0 Å². The van der Waals surface area contributed by atoms with Crippen LogP contribution in [0.2, 0.25) is 19.6 Å². The third kappa shape index (κ3) is 3.49. The average molecular weight is 313 g/mol. The van der Waals surface area contributed by atoms with E-state index in [0.717, 1.165) is 0 Å². The van der Waals surface area contributed by atoms with Crippen molar-refractivity contribution in [2.45, 2.75) is 52.8 Å². The molecule has 22 heavy (non-hydrogen) atoms. The average Bonchev–Trinajstić information content (AvgIpc) is 2.37. The highest BCUT2D eigenvalue weighted by atomic mass is 28.3. The molecule has 0 N–H and O–H groups in total. The molecule has 0 aliphatic carbocycles. The Bertz CT molecular complexity index is 688. The molecule has 0 aliphatic heterocycles. The van der Waals surface area contributed by atoms with Gasteiger partial charge in [-0.05, 0) is 29.5 Å². The maximum atomic E-state index is 2.40. The van der Waals surface area contributed by atoms with E-state index in [1.54, 1.807) is 0 Å². The highest BCUT2D eigenvalue weighted by Gasteiger charge is 2.23. The zero-order chi connectivity index (χ0) is 16.7. The minimum Gasteiger partial charge on any atom is -0.201 e. The van der Waals surface area contributed by atoms with Crippen molar-refractivity contribution >= 4 is 13.3 Å². The molecule has 1 heterocycles. The van der Waals surface area contributed by atoms with Crippen LogP contribution in [-0.4, -0.2) is 8.07 Å². The van der Waals surface area contributed by atoms with Crippen molar-refractivity contribution in [1.82, 2.24) is 0 Å². The molecule has 0 amide bonds. The molecule has 0 saturated carbocycles. The minimum atomic E-state index is -1.26. The van der Waals surface area contributed by atoms with Crippen LogP contribution in [0, 0.1) is 6.92 Å². The molecule has 2 aromatic rings. The molecule has 0 aliphatic rings. The Morgan fingerprint density at radius 3 is 2.09 bits per heavy atom. The van der Waals surface area contributed by atoms with Crippen LogP contribution in [0.3, 0.4) is 0 Å². The Morgan fingerprint density at radius 1 is 0.955 bits per heavy atom. The molecule has 0 atom stereocenters. The van der Waals surface area contributed by atoms with E-state index >= 15 is 0 Å². The van der Waals surface area contributed by atoms with Crippen molar-refractivity contribution in [2.75, 3.05) is 0 Å². The van der Waals surface area contributed by atoms with Crippen LogP contribution in [0.25, 0.3) is 11.3 Å². The standard InChI is InChI=1S/C20H30NSi/c1-15-9-10-16(20(2,3)4)13-18(15)19-12-11-17(14-21(19)5)22(6,7)8/h9-14H,1-8H3/q+1. The Balaban J connectivity index is 2.57. The van der Waals surface area contributed by atoms with Gasteiger partial charge < -0.3 is 0 Å². The molecule has 0 fully saturated rings. The van der Waals surface area contributed by atoms with Crippen molar-refractivity contribution < 1.29 is 4.57 Å². The van der Waals surface area contributed by atoms with E-state index in [-0.39, 0.29) is 5.41 Å². The van der Waals surface area contributed by atoms with Gasteiger partial charge in [0.05, 0.1) is 8.07 Å². The van der Waals surface area contributed by atoms with Gasteiger partial charge in [-0.2, -0.15) is 0 Å². The molecule has 0 bridgehead atoms. The molecule has 0 unspecified atom stereocenters. The van der Waals surface area contributed by atoms with Crippen LogP contribution in [0.1, 0.15) is 31.9 Å². The van der Waals surface area contributed by atoms with Gasteiger partial charge in [-0.25, -0.2) is 4.57 Å². The summed E-state index contributed by atoms with van der Waals surface area (Å²) in [5.74, 6) is 0. The first-order valence-electron chi connectivity index (χ1n) is 8.12. The van der Waals surface area contributed by atoms with Crippen LogP contribution in [0.5, 0.6) is 0 Å². The van der Waals surface area contributed by atoms with Crippen LogP contribution >= 0.6 is 0 Å². The van der Waals surface area contributed by atoms with Gasteiger partial charge in [-0.15, -0.1) is 0 Å². The predicted octanol–water partition coefficient (Wildman–Crippen LogP) is 4.33. The number of hydrogen-bond donors (Lipinski definition) is 0. The van der Waals surface area contributed by atoms with E-state index in [0.29, 0.717) is 0 Å². The Hall–Kier alpha value is -1.41. The second kappa shape index (κ2) is 5.66. The van der Waals surface area contributed by atoms with Gasteiger partial charge in [-0.3, -0.25) is 0 Å². The maximum absolute atomic E-state index is 2.40. The van der Waals surface area contributed by atoms with Crippen molar-refractivity contribution in [3.63, 3.8) is 0 Å². The Kier molecular flexibility index (Phi) is 4.36. The SMILES string of the molecule is Cc1ccc(C(C)(C)C)cc1-c1ccc([Si](C)(C)C)c[n+]1C. The number of hydrogen-bond acceptors (Lipinski definition) is 0. The summed E-state index contributed by atoms with van der Waals surface area (Å²) in [5, 5.41) is 1.50. The first-order valence-corrected chi connectivity index (χ1v) is 11.6. The summed E-state index contributed by atoms with van der Waals surface area (Å²) in [6.07, 6.45) is 2.32. The molecule has 0 radical (unpaired) electrons. The lowest BCUT2D eigenvalue weighted by molar-refractivity contribution is -0.659. The molecular formula is C20H30NSi+. The molecule has 0 saturated heterocycles. The van der Waals surface area contributed by atoms with Crippen molar-refractivity contribution in [2.24, 2.45) is 7.05 Å². The maximum Gasteiger partial charge on any atom is 0.212 e. The van der Waals surface area contributed by atoms with Gasteiger partial charge in [0, 0.05) is 16.8 Å².